The Morgan fingerprint density at radius 1 is 1.14 bits per heavy atom. The van der Waals surface area contributed by atoms with Gasteiger partial charge in [-0.3, -0.25) is 9.59 Å². The van der Waals surface area contributed by atoms with E-state index in [2.05, 4.69) is 5.32 Å². The van der Waals surface area contributed by atoms with E-state index >= 15 is 0 Å². The summed E-state index contributed by atoms with van der Waals surface area (Å²) in [6.45, 7) is 1.98. The third-order valence-corrected chi connectivity index (χ3v) is 5.93. The van der Waals surface area contributed by atoms with Gasteiger partial charge in [0.05, 0.1) is 32.2 Å². The van der Waals surface area contributed by atoms with Gasteiger partial charge in [0.15, 0.2) is 18.0 Å². The molecule has 7 nitrogen and oxygen atoms in total. The Morgan fingerprint density at radius 2 is 1.83 bits per heavy atom. The van der Waals surface area contributed by atoms with Crippen molar-refractivity contribution in [3.63, 3.8) is 0 Å². The third-order valence-electron chi connectivity index (χ3n) is 4.84. The Labute approximate surface area is 174 Å². The number of hydrogen-bond acceptors (Lipinski definition) is 5. The zero-order chi connectivity index (χ0) is 20.8. The fourth-order valence-corrected chi connectivity index (χ4v) is 4.19. The first kappa shape index (κ1) is 21.0. The number of para-hydroxylation sites is 1. The van der Waals surface area contributed by atoms with Gasteiger partial charge in [-0.25, -0.2) is 0 Å². The number of carbonyl (C=O) groups excluding carboxylic acids is 2. The first-order valence-corrected chi connectivity index (χ1v) is 10.4. The van der Waals surface area contributed by atoms with Gasteiger partial charge in [0.25, 0.3) is 5.91 Å². The number of hydrogen-bond donors (Lipinski definition) is 3. The van der Waals surface area contributed by atoms with Gasteiger partial charge in [0.1, 0.15) is 6.54 Å². The van der Waals surface area contributed by atoms with E-state index in [0.717, 1.165) is 30.2 Å². The maximum atomic E-state index is 12.6. The topological polar surface area (TPSA) is 95.1 Å². The summed E-state index contributed by atoms with van der Waals surface area (Å²) in [6.07, 6.45) is 0.878. The van der Waals surface area contributed by atoms with Crippen LogP contribution in [-0.2, 0) is 22.6 Å². The SMILES string of the molecule is COc1cc2c(cc1OC)C[NH+](CC(=O)Nc1ccccc1SCC(N)=O)CC2. The largest absolute Gasteiger partial charge is 0.493 e. The molecule has 0 saturated carbocycles. The molecule has 2 aromatic carbocycles. The molecule has 29 heavy (non-hydrogen) atoms. The van der Waals surface area contributed by atoms with Crippen LogP contribution in [0.3, 0.4) is 0 Å². The van der Waals surface area contributed by atoms with Gasteiger partial charge in [-0.1, -0.05) is 12.1 Å². The van der Waals surface area contributed by atoms with E-state index in [1.165, 1.54) is 27.8 Å². The molecule has 0 bridgehead atoms. The number of ether oxygens (including phenoxy) is 2. The maximum Gasteiger partial charge on any atom is 0.279 e. The fraction of sp³-hybridized carbons (Fsp3) is 0.333. The van der Waals surface area contributed by atoms with Crippen molar-refractivity contribution < 1.29 is 24.0 Å². The number of rotatable bonds is 8. The van der Waals surface area contributed by atoms with Gasteiger partial charge in [-0.2, -0.15) is 0 Å². The van der Waals surface area contributed by atoms with Crippen LogP contribution in [0.25, 0.3) is 0 Å². The Kier molecular flexibility index (Phi) is 7.00. The number of amides is 2. The third kappa shape index (κ3) is 5.42. The fourth-order valence-electron chi connectivity index (χ4n) is 3.45. The van der Waals surface area contributed by atoms with Crippen LogP contribution in [0.15, 0.2) is 41.3 Å². The second-order valence-corrected chi connectivity index (χ2v) is 7.90. The van der Waals surface area contributed by atoms with E-state index in [0.29, 0.717) is 18.0 Å². The Hall–Kier alpha value is -2.71. The number of methoxy groups -OCH3 is 2. The van der Waals surface area contributed by atoms with E-state index in [-0.39, 0.29) is 17.6 Å². The highest BCUT2D eigenvalue weighted by atomic mass is 32.2. The molecule has 154 valence electrons. The smallest absolute Gasteiger partial charge is 0.279 e. The lowest BCUT2D eigenvalue weighted by molar-refractivity contribution is -0.907. The average molecular weight is 417 g/mol. The molecule has 1 heterocycles. The van der Waals surface area contributed by atoms with Gasteiger partial charge in [-0.15, -0.1) is 11.8 Å². The minimum absolute atomic E-state index is 0.0592. The molecule has 2 amide bonds. The molecule has 0 aliphatic carbocycles. The van der Waals surface area contributed by atoms with Crippen LogP contribution in [0.2, 0.25) is 0 Å². The summed E-state index contributed by atoms with van der Waals surface area (Å²) in [5, 5.41) is 2.97. The van der Waals surface area contributed by atoms with Gasteiger partial charge in [0.2, 0.25) is 5.91 Å². The quantitative estimate of drug-likeness (QED) is 0.555. The minimum Gasteiger partial charge on any atom is -0.493 e. The molecule has 1 aliphatic heterocycles. The number of nitrogens with two attached hydrogens (primary N) is 1. The van der Waals surface area contributed by atoms with Crippen LogP contribution < -0.4 is 25.4 Å². The zero-order valence-electron chi connectivity index (χ0n) is 16.6. The maximum absolute atomic E-state index is 12.6. The van der Waals surface area contributed by atoms with Gasteiger partial charge < -0.3 is 25.4 Å². The molecule has 1 atom stereocenters. The normalized spacial score (nSPS) is 15.3. The number of quaternary nitrogens is 1. The number of benzene rings is 2. The summed E-state index contributed by atoms with van der Waals surface area (Å²) in [5.41, 5.74) is 8.34. The predicted molar refractivity (Wildman–Crippen MR) is 113 cm³/mol. The van der Waals surface area contributed by atoms with Crippen molar-refractivity contribution in [2.24, 2.45) is 5.73 Å². The van der Waals surface area contributed by atoms with Crippen molar-refractivity contribution in [2.75, 3.05) is 38.4 Å². The summed E-state index contributed by atoms with van der Waals surface area (Å²) in [5.74, 6) is 1.16. The summed E-state index contributed by atoms with van der Waals surface area (Å²) < 4.78 is 10.8. The molecule has 2 aromatic rings. The van der Waals surface area contributed by atoms with Crippen molar-refractivity contribution in [1.82, 2.24) is 0 Å². The monoisotopic (exact) mass is 416 g/mol. The van der Waals surface area contributed by atoms with Crippen LogP contribution >= 0.6 is 11.8 Å². The number of nitrogens with one attached hydrogen (secondary N) is 2. The van der Waals surface area contributed by atoms with Crippen molar-refractivity contribution >= 4 is 29.3 Å². The molecule has 1 aliphatic rings. The highest BCUT2D eigenvalue weighted by Crippen LogP contribution is 2.31. The summed E-state index contributed by atoms with van der Waals surface area (Å²) in [6, 6.07) is 11.4. The van der Waals surface area contributed by atoms with E-state index in [1.807, 2.05) is 36.4 Å². The van der Waals surface area contributed by atoms with Crippen molar-refractivity contribution in [2.45, 2.75) is 17.9 Å². The van der Waals surface area contributed by atoms with Gasteiger partial charge >= 0.3 is 0 Å². The number of anilines is 1. The minimum atomic E-state index is -0.389. The predicted octanol–water partition coefficient (Wildman–Crippen LogP) is 0.861. The number of thioether (sulfide) groups is 1. The summed E-state index contributed by atoms with van der Waals surface area (Å²) >= 11 is 1.32. The van der Waals surface area contributed by atoms with E-state index in [1.54, 1.807) is 14.2 Å². The summed E-state index contributed by atoms with van der Waals surface area (Å²) in [4.78, 5) is 25.7. The summed E-state index contributed by atoms with van der Waals surface area (Å²) in [7, 11) is 3.26. The number of carbonyl (C=O) groups is 2. The molecule has 0 saturated heterocycles. The molecule has 3 rings (SSSR count). The van der Waals surface area contributed by atoms with E-state index in [9.17, 15) is 9.59 Å². The second-order valence-electron chi connectivity index (χ2n) is 6.88. The molecule has 1 unspecified atom stereocenters. The van der Waals surface area contributed by atoms with Gasteiger partial charge in [0, 0.05) is 16.9 Å². The number of fused-ring (bicyclic) bond motifs is 1. The lowest BCUT2D eigenvalue weighted by Crippen LogP contribution is -3.12. The zero-order valence-corrected chi connectivity index (χ0v) is 17.4. The molecule has 0 spiro atoms. The molecular formula is C21H26N3O4S+. The standard InChI is InChI=1S/C21H25N3O4S/c1-27-17-9-14-7-8-24(11-15(14)10-18(17)28-2)12-21(26)23-16-5-3-4-6-19(16)29-13-20(22)25/h3-6,9-10H,7-8,11-13H2,1-2H3,(H2,22,25)(H,23,26)/p+1. The average Bonchev–Trinajstić information content (AvgIpc) is 2.71. The molecule has 0 fully saturated rings. The first-order valence-electron chi connectivity index (χ1n) is 9.37. The molecule has 0 aromatic heterocycles. The first-order chi connectivity index (χ1) is 14.0. The molecular weight excluding hydrogens is 390 g/mol. The highest BCUT2D eigenvalue weighted by molar-refractivity contribution is 8.00. The second kappa shape index (κ2) is 9.67. The van der Waals surface area contributed by atoms with Crippen LogP contribution in [0.4, 0.5) is 5.69 Å². The van der Waals surface area contributed by atoms with Crippen LogP contribution in [0.1, 0.15) is 11.1 Å². The van der Waals surface area contributed by atoms with E-state index in [4.69, 9.17) is 15.2 Å². The van der Waals surface area contributed by atoms with Crippen LogP contribution in [-0.4, -0.2) is 44.9 Å². The Bertz CT molecular complexity index is 903. The lowest BCUT2D eigenvalue weighted by Gasteiger charge is -2.26. The highest BCUT2D eigenvalue weighted by Gasteiger charge is 2.24. The van der Waals surface area contributed by atoms with Crippen LogP contribution in [0, 0.1) is 0 Å². The van der Waals surface area contributed by atoms with Crippen molar-refractivity contribution in [3.8, 4) is 11.5 Å². The Morgan fingerprint density at radius 3 is 2.52 bits per heavy atom. The molecule has 8 heteroatoms. The molecule has 4 N–H and O–H groups in total. The van der Waals surface area contributed by atoms with E-state index < -0.39 is 0 Å². The van der Waals surface area contributed by atoms with Crippen LogP contribution in [0.5, 0.6) is 11.5 Å². The van der Waals surface area contributed by atoms with Crippen molar-refractivity contribution in [1.29, 1.82) is 0 Å². The number of primary amides is 1. The van der Waals surface area contributed by atoms with Crippen molar-refractivity contribution in [3.05, 3.63) is 47.5 Å². The van der Waals surface area contributed by atoms with Gasteiger partial charge in [-0.05, 0) is 29.8 Å². The lowest BCUT2D eigenvalue weighted by atomic mass is 9.99. The molecule has 0 radical (unpaired) electrons. The Balaban J connectivity index is 1.63.